The van der Waals surface area contributed by atoms with Crippen molar-refractivity contribution in [3.63, 3.8) is 0 Å². The standard InChI is InChI=1S/C30H34FN7O2/c1-30(2,3)40-29(39)38-14-12-37(13-15-38)28-26-21(19-8-9-19)17-32-18-24(26)35-27(36-28)20-10-11-33-25(16-20)34-23-7-5-4-6-22(23)31/h4-7,10-11,16-19,29,39H,8-9,12-15H2,1-3H3,(H,33,34). The van der Waals surface area contributed by atoms with Gasteiger partial charge >= 0.3 is 0 Å². The van der Waals surface area contributed by atoms with E-state index in [4.69, 9.17) is 14.7 Å². The fraction of sp³-hybridized carbons (Fsp3) is 0.400. The number of hydrogen-bond donors (Lipinski definition) is 2. The van der Waals surface area contributed by atoms with Crippen LogP contribution in [0.4, 0.5) is 21.7 Å². The first kappa shape index (κ1) is 26.5. The van der Waals surface area contributed by atoms with Crippen LogP contribution in [0.1, 0.15) is 45.1 Å². The van der Waals surface area contributed by atoms with E-state index in [1.807, 2.05) is 44.0 Å². The second-order valence-corrected chi connectivity index (χ2v) is 11.4. The van der Waals surface area contributed by atoms with Gasteiger partial charge in [0.1, 0.15) is 17.5 Å². The molecular formula is C30H34FN7O2. The van der Waals surface area contributed by atoms with E-state index in [9.17, 15) is 9.50 Å². The van der Waals surface area contributed by atoms with Crippen LogP contribution in [0.3, 0.4) is 0 Å². The molecule has 1 aliphatic carbocycles. The van der Waals surface area contributed by atoms with Gasteiger partial charge in [0.2, 0.25) is 6.41 Å². The van der Waals surface area contributed by atoms with E-state index < -0.39 is 12.0 Å². The largest absolute Gasteiger partial charge is 0.356 e. The van der Waals surface area contributed by atoms with Crippen LogP contribution >= 0.6 is 0 Å². The van der Waals surface area contributed by atoms with E-state index in [0.29, 0.717) is 49.4 Å². The van der Waals surface area contributed by atoms with Crippen molar-refractivity contribution >= 4 is 28.2 Å². The van der Waals surface area contributed by atoms with Crippen molar-refractivity contribution in [1.29, 1.82) is 0 Å². The van der Waals surface area contributed by atoms with Gasteiger partial charge in [-0.1, -0.05) is 12.1 Å². The maximum Gasteiger partial charge on any atom is 0.216 e. The van der Waals surface area contributed by atoms with Gasteiger partial charge in [-0.25, -0.2) is 19.3 Å². The van der Waals surface area contributed by atoms with Crippen LogP contribution in [0.5, 0.6) is 0 Å². The zero-order chi connectivity index (χ0) is 27.9. The molecule has 1 saturated heterocycles. The molecule has 4 aromatic rings. The lowest BCUT2D eigenvalue weighted by molar-refractivity contribution is -0.239. The number of rotatable bonds is 7. The van der Waals surface area contributed by atoms with Crippen LogP contribution in [0.15, 0.2) is 55.0 Å². The van der Waals surface area contributed by atoms with Crippen LogP contribution < -0.4 is 10.2 Å². The molecule has 3 aromatic heterocycles. The van der Waals surface area contributed by atoms with Gasteiger partial charge in [0.15, 0.2) is 5.82 Å². The minimum absolute atomic E-state index is 0.348. The minimum atomic E-state index is -0.955. The number of aliphatic hydroxyl groups excluding tert-OH is 1. The van der Waals surface area contributed by atoms with Gasteiger partial charge in [0, 0.05) is 49.5 Å². The molecule has 1 unspecified atom stereocenters. The summed E-state index contributed by atoms with van der Waals surface area (Å²) in [6.07, 6.45) is 6.74. The SMILES string of the molecule is CC(C)(C)OC(O)N1CCN(c2nc(-c3ccnc(Nc4ccccc4F)c3)nc3cncc(C4CC4)c23)CC1. The molecule has 1 saturated carbocycles. The first-order chi connectivity index (χ1) is 19.2. The predicted octanol–water partition coefficient (Wildman–Crippen LogP) is 5.06. The highest BCUT2D eigenvalue weighted by Crippen LogP contribution is 2.45. The van der Waals surface area contributed by atoms with Gasteiger partial charge in [0.25, 0.3) is 0 Å². The van der Waals surface area contributed by atoms with Crippen molar-refractivity contribution in [3.05, 3.63) is 66.4 Å². The van der Waals surface area contributed by atoms with Gasteiger partial charge in [0.05, 0.1) is 23.0 Å². The maximum atomic E-state index is 14.2. The van der Waals surface area contributed by atoms with E-state index in [1.165, 1.54) is 11.6 Å². The third-order valence-electron chi connectivity index (χ3n) is 7.17. The number of anilines is 3. The van der Waals surface area contributed by atoms with Gasteiger partial charge in [-0.2, -0.15) is 0 Å². The second kappa shape index (κ2) is 10.7. The number of fused-ring (bicyclic) bond motifs is 1. The number of nitrogens with zero attached hydrogens (tertiary/aromatic N) is 6. The summed E-state index contributed by atoms with van der Waals surface area (Å²) in [5, 5.41) is 14.7. The quantitative estimate of drug-likeness (QED) is 0.310. The first-order valence-corrected chi connectivity index (χ1v) is 13.7. The third-order valence-corrected chi connectivity index (χ3v) is 7.17. The lowest BCUT2D eigenvalue weighted by Crippen LogP contribution is -2.52. The summed E-state index contributed by atoms with van der Waals surface area (Å²) in [5.74, 6) is 2.05. The molecule has 1 atom stereocenters. The molecule has 208 valence electrons. The highest BCUT2D eigenvalue weighted by Gasteiger charge is 2.31. The Bertz CT molecular complexity index is 1510. The smallest absolute Gasteiger partial charge is 0.216 e. The molecule has 2 N–H and O–H groups in total. The Morgan fingerprint density at radius 3 is 2.55 bits per heavy atom. The number of piperazine rings is 1. The van der Waals surface area contributed by atoms with Crippen LogP contribution in [-0.2, 0) is 4.74 Å². The fourth-order valence-corrected chi connectivity index (χ4v) is 5.03. The summed E-state index contributed by atoms with van der Waals surface area (Å²) < 4.78 is 20.0. The number of ether oxygens (including phenoxy) is 1. The molecule has 2 aliphatic rings. The summed E-state index contributed by atoms with van der Waals surface area (Å²) in [6.45, 7) is 8.43. The Morgan fingerprint density at radius 1 is 1.05 bits per heavy atom. The van der Waals surface area contributed by atoms with Crippen LogP contribution in [-0.4, -0.2) is 68.1 Å². The third kappa shape index (κ3) is 5.74. The molecule has 1 aromatic carbocycles. The number of aliphatic hydroxyl groups is 1. The van der Waals surface area contributed by atoms with E-state index >= 15 is 0 Å². The maximum absolute atomic E-state index is 14.2. The van der Waals surface area contributed by atoms with Crippen LogP contribution in [0.2, 0.25) is 0 Å². The van der Waals surface area contributed by atoms with Crippen molar-refractivity contribution < 1.29 is 14.2 Å². The summed E-state index contributed by atoms with van der Waals surface area (Å²) in [7, 11) is 0. The zero-order valence-electron chi connectivity index (χ0n) is 23.0. The van der Waals surface area contributed by atoms with Crippen molar-refractivity contribution in [1.82, 2.24) is 24.8 Å². The lowest BCUT2D eigenvalue weighted by atomic mass is 10.1. The summed E-state index contributed by atoms with van der Waals surface area (Å²) in [6, 6.07) is 10.2. The van der Waals surface area contributed by atoms with E-state index in [2.05, 4.69) is 20.2 Å². The first-order valence-electron chi connectivity index (χ1n) is 13.7. The number of benzene rings is 1. The van der Waals surface area contributed by atoms with Crippen molar-refractivity contribution in [2.75, 3.05) is 36.4 Å². The summed E-state index contributed by atoms with van der Waals surface area (Å²) in [4.78, 5) is 23.1. The Hall–Kier alpha value is -3.73. The van der Waals surface area contributed by atoms with Crippen molar-refractivity contribution in [2.24, 2.45) is 0 Å². The van der Waals surface area contributed by atoms with Gasteiger partial charge < -0.3 is 20.1 Å². The summed E-state index contributed by atoms with van der Waals surface area (Å²) in [5.41, 5.74) is 2.66. The molecule has 9 nitrogen and oxygen atoms in total. The van der Waals surface area contributed by atoms with Gasteiger partial charge in [-0.05, 0) is 69.4 Å². The Balaban J connectivity index is 1.34. The molecule has 2 fully saturated rings. The Morgan fingerprint density at radius 2 is 1.82 bits per heavy atom. The number of nitrogens with one attached hydrogen (secondary N) is 1. The van der Waals surface area contributed by atoms with Crippen molar-refractivity contribution in [2.45, 2.75) is 51.5 Å². The average Bonchev–Trinajstić information content (AvgIpc) is 3.78. The second-order valence-electron chi connectivity index (χ2n) is 11.4. The lowest BCUT2D eigenvalue weighted by Gasteiger charge is -2.39. The monoisotopic (exact) mass is 543 g/mol. The number of para-hydroxylation sites is 1. The fourth-order valence-electron chi connectivity index (χ4n) is 5.03. The van der Waals surface area contributed by atoms with E-state index in [1.54, 1.807) is 30.6 Å². The van der Waals surface area contributed by atoms with Crippen LogP contribution in [0, 0.1) is 5.82 Å². The van der Waals surface area contributed by atoms with E-state index in [-0.39, 0.29) is 5.82 Å². The van der Waals surface area contributed by atoms with E-state index in [0.717, 1.165) is 35.1 Å². The minimum Gasteiger partial charge on any atom is -0.356 e. The molecule has 40 heavy (non-hydrogen) atoms. The van der Waals surface area contributed by atoms with Crippen molar-refractivity contribution in [3.8, 4) is 11.4 Å². The van der Waals surface area contributed by atoms with Gasteiger partial charge in [-0.3, -0.25) is 9.88 Å². The highest BCUT2D eigenvalue weighted by atomic mass is 19.1. The number of aromatic nitrogens is 4. The topological polar surface area (TPSA) is 99.5 Å². The molecule has 0 radical (unpaired) electrons. The molecule has 6 rings (SSSR count). The number of pyridine rings is 2. The molecular weight excluding hydrogens is 509 g/mol. The normalized spacial score (nSPS) is 17.3. The molecule has 4 heterocycles. The Kier molecular flexibility index (Phi) is 7.07. The molecule has 0 bridgehead atoms. The zero-order valence-corrected chi connectivity index (χ0v) is 23.0. The predicted molar refractivity (Wildman–Crippen MR) is 153 cm³/mol. The number of hydrogen-bond acceptors (Lipinski definition) is 9. The molecule has 0 amide bonds. The molecule has 0 spiro atoms. The molecule has 1 aliphatic heterocycles. The average molecular weight is 544 g/mol. The summed E-state index contributed by atoms with van der Waals surface area (Å²) >= 11 is 0. The van der Waals surface area contributed by atoms with Crippen LogP contribution in [0.25, 0.3) is 22.3 Å². The number of halogens is 1. The molecule has 10 heteroatoms. The Labute approximate surface area is 233 Å². The van der Waals surface area contributed by atoms with Gasteiger partial charge in [-0.15, -0.1) is 0 Å². The highest BCUT2D eigenvalue weighted by molar-refractivity contribution is 5.94.